The average Bonchev–Trinajstić information content (AvgIpc) is 2.71. The number of nitrogens with one attached hydrogen (secondary N) is 3. The lowest BCUT2D eigenvalue weighted by Gasteiger charge is -2.14. The van der Waals surface area contributed by atoms with Crippen molar-refractivity contribution in [1.29, 1.82) is 0 Å². The Morgan fingerprint density at radius 1 is 1.17 bits per heavy atom. The van der Waals surface area contributed by atoms with Gasteiger partial charge in [-0.3, -0.25) is 10.2 Å². The third kappa shape index (κ3) is 7.64. The molecule has 0 fully saturated rings. The average molecular weight is 493 g/mol. The molecule has 0 saturated heterocycles. The standard InChI is InChI=1S/C21H25BrN4O3S/c1-4-23-21(30)26-24-12-15-10-18(28-5-2)19(11-17(15)22)29-13-20(27)25-16-8-6-14(3)7-9-16/h6-12H,4-5,13H2,1-3H3,(H,25,27)(H2,23,26,30). The third-order valence-electron chi connectivity index (χ3n) is 3.76. The number of anilines is 1. The van der Waals surface area contributed by atoms with Crippen molar-refractivity contribution in [3.05, 3.63) is 52.0 Å². The predicted molar refractivity (Wildman–Crippen MR) is 128 cm³/mol. The smallest absolute Gasteiger partial charge is 0.262 e. The molecule has 9 heteroatoms. The fraction of sp³-hybridized carbons (Fsp3) is 0.286. The zero-order valence-electron chi connectivity index (χ0n) is 17.1. The molecule has 0 aliphatic heterocycles. The second-order valence-electron chi connectivity index (χ2n) is 6.19. The molecule has 0 aliphatic carbocycles. The molecule has 2 aromatic rings. The van der Waals surface area contributed by atoms with Crippen molar-refractivity contribution in [2.75, 3.05) is 25.1 Å². The van der Waals surface area contributed by atoms with Crippen LogP contribution in [0.4, 0.5) is 5.69 Å². The Morgan fingerprint density at radius 3 is 2.53 bits per heavy atom. The van der Waals surface area contributed by atoms with Gasteiger partial charge in [0, 0.05) is 22.3 Å². The molecule has 0 bridgehead atoms. The number of amides is 1. The van der Waals surface area contributed by atoms with Gasteiger partial charge in [-0.15, -0.1) is 0 Å². The van der Waals surface area contributed by atoms with E-state index in [0.717, 1.165) is 21.3 Å². The van der Waals surface area contributed by atoms with Gasteiger partial charge in [0.1, 0.15) is 0 Å². The van der Waals surface area contributed by atoms with Crippen LogP contribution in [0.1, 0.15) is 25.0 Å². The van der Waals surface area contributed by atoms with Crippen molar-refractivity contribution in [2.24, 2.45) is 5.10 Å². The van der Waals surface area contributed by atoms with E-state index in [4.69, 9.17) is 21.7 Å². The first-order chi connectivity index (χ1) is 14.4. The van der Waals surface area contributed by atoms with E-state index < -0.39 is 0 Å². The Hall–Kier alpha value is -2.65. The SMILES string of the molecule is CCNC(=S)NN=Cc1cc(OCC)c(OCC(=O)Nc2ccc(C)cc2)cc1Br. The van der Waals surface area contributed by atoms with Gasteiger partial charge in [-0.05, 0) is 73.2 Å². The molecule has 3 N–H and O–H groups in total. The van der Waals surface area contributed by atoms with Crippen LogP contribution in [0.25, 0.3) is 0 Å². The minimum atomic E-state index is -0.260. The van der Waals surface area contributed by atoms with Crippen molar-refractivity contribution >= 4 is 51.1 Å². The molecule has 0 saturated carbocycles. The number of ether oxygens (including phenoxy) is 2. The van der Waals surface area contributed by atoms with Gasteiger partial charge < -0.3 is 20.1 Å². The molecule has 0 atom stereocenters. The van der Waals surface area contributed by atoms with Gasteiger partial charge in [-0.25, -0.2) is 0 Å². The zero-order chi connectivity index (χ0) is 21.9. The second-order valence-corrected chi connectivity index (χ2v) is 7.45. The van der Waals surface area contributed by atoms with Gasteiger partial charge in [-0.1, -0.05) is 17.7 Å². The molecule has 0 spiro atoms. The molecule has 0 aliphatic rings. The fourth-order valence-electron chi connectivity index (χ4n) is 2.37. The molecule has 160 valence electrons. The first-order valence-electron chi connectivity index (χ1n) is 9.45. The number of carbonyl (C=O) groups is 1. The summed E-state index contributed by atoms with van der Waals surface area (Å²) in [5.74, 6) is 0.708. The van der Waals surface area contributed by atoms with Gasteiger partial charge in [0.25, 0.3) is 5.91 Å². The Kier molecular flexibility index (Phi) is 9.56. The monoisotopic (exact) mass is 492 g/mol. The molecular weight excluding hydrogens is 468 g/mol. The number of hydrogen-bond donors (Lipinski definition) is 3. The van der Waals surface area contributed by atoms with E-state index >= 15 is 0 Å². The summed E-state index contributed by atoms with van der Waals surface area (Å²) in [6.07, 6.45) is 1.62. The van der Waals surface area contributed by atoms with E-state index in [-0.39, 0.29) is 12.5 Å². The summed E-state index contributed by atoms with van der Waals surface area (Å²) in [5, 5.41) is 10.3. The first kappa shape index (κ1) is 23.6. The van der Waals surface area contributed by atoms with E-state index in [1.165, 1.54) is 0 Å². The molecule has 0 heterocycles. The minimum Gasteiger partial charge on any atom is -0.490 e. The molecule has 0 aromatic heterocycles. The van der Waals surface area contributed by atoms with Crippen LogP contribution in [0.3, 0.4) is 0 Å². The summed E-state index contributed by atoms with van der Waals surface area (Å²) in [7, 11) is 0. The normalized spacial score (nSPS) is 10.5. The minimum absolute atomic E-state index is 0.146. The predicted octanol–water partition coefficient (Wildman–Crippen LogP) is 3.99. The van der Waals surface area contributed by atoms with Crippen molar-refractivity contribution in [1.82, 2.24) is 10.7 Å². The second kappa shape index (κ2) is 12.1. The summed E-state index contributed by atoms with van der Waals surface area (Å²) in [4.78, 5) is 12.2. The van der Waals surface area contributed by atoms with E-state index in [0.29, 0.717) is 29.8 Å². The van der Waals surface area contributed by atoms with Gasteiger partial charge >= 0.3 is 0 Å². The van der Waals surface area contributed by atoms with Crippen molar-refractivity contribution in [3.8, 4) is 11.5 Å². The van der Waals surface area contributed by atoms with Gasteiger partial charge in [0.05, 0.1) is 12.8 Å². The third-order valence-corrected chi connectivity index (χ3v) is 4.69. The zero-order valence-corrected chi connectivity index (χ0v) is 19.5. The Bertz CT molecular complexity index is 904. The number of aryl methyl sites for hydroxylation is 1. The molecule has 2 rings (SSSR count). The molecular formula is C21H25BrN4O3S. The van der Waals surface area contributed by atoms with Crippen LogP contribution in [0.5, 0.6) is 11.5 Å². The Labute approximate surface area is 190 Å². The van der Waals surface area contributed by atoms with Crippen LogP contribution in [0.2, 0.25) is 0 Å². The number of thiocarbonyl (C=S) groups is 1. The lowest BCUT2D eigenvalue weighted by molar-refractivity contribution is -0.118. The molecule has 0 unspecified atom stereocenters. The highest BCUT2D eigenvalue weighted by molar-refractivity contribution is 9.10. The maximum atomic E-state index is 12.2. The van der Waals surface area contributed by atoms with Crippen molar-refractivity contribution in [3.63, 3.8) is 0 Å². The number of carbonyl (C=O) groups excluding carboxylic acids is 1. The maximum absolute atomic E-state index is 12.2. The highest BCUT2D eigenvalue weighted by atomic mass is 79.9. The largest absolute Gasteiger partial charge is 0.490 e. The van der Waals surface area contributed by atoms with Crippen LogP contribution in [0.15, 0.2) is 46.0 Å². The van der Waals surface area contributed by atoms with Crippen LogP contribution < -0.4 is 25.5 Å². The highest BCUT2D eigenvalue weighted by Crippen LogP contribution is 2.33. The molecule has 0 radical (unpaired) electrons. The van der Waals surface area contributed by atoms with Gasteiger partial charge in [0.2, 0.25) is 0 Å². The molecule has 30 heavy (non-hydrogen) atoms. The molecule has 2 aromatic carbocycles. The summed E-state index contributed by atoms with van der Waals surface area (Å²) >= 11 is 8.57. The van der Waals surface area contributed by atoms with Gasteiger partial charge in [-0.2, -0.15) is 5.10 Å². The number of benzene rings is 2. The van der Waals surface area contributed by atoms with Crippen LogP contribution >= 0.6 is 28.1 Å². The Balaban J connectivity index is 2.04. The van der Waals surface area contributed by atoms with E-state index in [1.807, 2.05) is 45.0 Å². The van der Waals surface area contributed by atoms with Crippen molar-refractivity contribution in [2.45, 2.75) is 20.8 Å². The fourth-order valence-corrected chi connectivity index (χ4v) is 2.99. The number of nitrogens with zero attached hydrogens (tertiary/aromatic N) is 1. The number of hydrogen-bond acceptors (Lipinski definition) is 5. The Morgan fingerprint density at radius 2 is 1.87 bits per heavy atom. The quantitative estimate of drug-likeness (QED) is 0.278. The van der Waals surface area contributed by atoms with Crippen LogP contribution in [-0.4, -0.2) is 37.0 Å². The van der Waals surface area contributed by atoms with Gasteiger partial charge in [0.15, 0.2) is 23.2 Å². The summed E-state index contributed by atoms with van der Waals surface area (Å²) in [6, 6.07) is 11.1. The van der Waals surface area contributed by atoms with Crippen LogP contribution in [0, 0.1) is 6.92 Å². The summed E-state index contributed by atoms with van der Waals surface area (Å²) in [5.41, 5.74) is 5.34. The lowest BCUT2D eigenvalue weighted by atomic mass is 10.2. The van der Waals surface area contributed by atoms with E-state index in [1.54, 1.807) is 18.3 Å². The summed E-state index contributed by atoms with van der Waals surface area (Å²) in [6.45, 7) is 6.83. The topological polar surface area (TPSA) is 84.0 Å². The van der Waals surface area contributed by atoms with E-state index in [9.17, 15) is 4.79 Å². The number of rotatable bonds is 9. The lowest BCUT2D eigenvalue weighted by Crippen LogP contribution is -2.31. The number of hydrazone groups is 1. The molecule has 1 amide bonds. The van der Waals surface area contributed by atoms with Crippen molar-refractivity contribution < 1.29 is 14.3 Å². The molecule has 7 nitrogen and oxygen atoms in total. The summed E-state index contributed by atoms with van der Waals surface area (Å²) < 4.78 is 12.1. The maximum Gasteiger partial charge on any atom is 0.262 e. The highest BCUT2D eigenvalue weighted by Gasteiger charge is 2.12. The number of halogens is 1. The van der Waals surface area contributed by atoms with E-state index in [2.05, 4.69) is 37.1 Å². The van der Waals surface area contributed by atoms with Crippen LogP contribution in [-0.2, 0) is 4.79 Å². The first-order valence-corrected chi connectivity index (χ1v) is 10.7.